The van der Waals surface area contributed by atoms with Crippen LogP contribution in [-0.4, -0.2) is 21.1 Å². The third-order valence-corrected chi connectivity index (χ3v) is 5.72. The Labute approximate surface area is 137 Å². The predicted octanol–water partition coefficient (Wildman–Crippen LogP) is 3.70. The molecule has 21 heavy (non-hydrogen) atoms. The van der Waals surface area contributed by atoms with E-state index in [1.807, 2.05) is 13.8 Å². The molecule has 0 aliphatic heterocycles. The molecule has 1 amide bonds. The molecule has 118 valence electrons. The standard InChI is InChI=1S/C14H20Cl2N2O2S/c1-4-8(2)7-21(20)9(3)14(19)18-13-11(15)5-10(17)6-12(13)16/h5-6,8-9H,4,7,17H2,1-3H3,(H,18,19). The van der Waals surface area contributed by atoms with Gasteiger partial charge in [0.25, 0.3) is 0 Å². The van der Waals surface area contributed by atoms with Crippen molar-refractivity contribution in [3.63, 3.8) is 0 Å². The lowest BCUT2D eigenvalue weighted by atomic mass is 10.2. The third-order valence-electron chi connectivity index (χ3n) is 3.22. The number of hydrogen-bond acceptors (Lipinski definition) is 3. The minimum atomic E-state index is -1.24. The summed E-state index contributed by atoms with van der Waals surface area (Å²) in [4.78, 5) is 12.2. The normalized spacial score (nSPS) is 15.3. The van der Waals surface area contributed by atoms with Gasteiger partial charge in [-0.05, 0) is 25.0 Å². The number of carbonyl (C=O) groups excluding carboxylic acids is 1. The Morgan fingerprint density at radius 1 is 1.33 bits per heavy atom. The van der Waals surface area contributed by atoms with Gasteiger partial charge in [-0.25, -0.2) is 0 Å². The molecule has 3 atom stereocenters. The van der Waals surface area contributed by atoms with Gasteiger partial charge in [0.2, 0.25) is 5.91 Å². The van der Waals surface area contributed by atoms with Crippen molar-refractivity contribution in [2.75, 3.05) is 16.8 Å². The van der Waals surface area contributed by atoms with Crippen LogP contribution >= 0.6 is 23.2 Å². The van der Waals surface area contributed by atoms with Gasteiger partial charge in [-0.1, -0.05) is 43.5 Å². The largest absolute Gasteiger partial charge is 0.399 e. The molecule has 1 rings (SSSR count). The second-order valence-electron chi connectivity index (χ2n) is 5.05. The van der Waals surface area contributed by atoms with Crippen molar-refractivity contribution in [2.45, 2.75) is 32.4 Å². The van der Waals surface area contributed by atoms with Gasteiger partial charge in [0, 0.05) is 22.2 Å². The Kier molecular flexibility index (Phi) is 6.97. The molecule has 0 heterocycles. The zero-order valence-corrected chi connectivity index (χ0v) is 14.6. The first-order valence-electron chi connectivity index (χ1n) is 6.68. The fraction of sp³-hybridized carbons (Fsp3) is 0.500. The van der Waals surface area contributed by atoms with Crippen molar-refractivity contribution in [2.24, 2.45) is 5.92 Å². The summed E-state index contributed by atoms with van der Waals surface area (Å²) in [6.07, 6.45) is 0.926. The molecule has 1 aromatic carbocycles. The van der Waals surface area contributed by atoms with E-state index in [-0.39, 0.29) is 16.0 Å². The Bertz CT molecular complexity index is 529. The SMILES string of the molecule is CCC(C)CS(=O)C(C)C(=O)Nc1c(Cl)cc(N)cc1Cl. The van der Waals surface area contributed by atoms with Crippen LogP contribution in [0.25, 0.3) is 0 Å². The van der Waals surface area contributed by atoms with Crippen molar-refractivity contribution in [3.05, 3.63) is 22.2 Å². The Morgan fingerprint density at radius 2 is 1.86 bits per heavy atom. The minimum Gasteiger partial charge on any atom is -0.399 e. The minimum absolute atomic E-state index is 0.258. The summed E-state index contributed by atoms with van der Waals surface area (Å²) in [6.45, 7) is 5.67. The molecule has 0 spiro atoms. The van der Waals surface area contributed by atoms with E-state index in [1.165, 1.54) is 12.1 Å². The van der Waals surface area contributed by atoms with Crippen LogP contribution in [0.15, 0.2) is 12.1 Å². The van der Waals surface area contributed by atoms with Gasteiger partial charge in [0.1, 0.15) is 5.25 Å². The van der Waals surface area contributed by atoms with Gasteiger partial charge < -0.3 is 11.1 Å². The maximum atomic E-state index is 12.2. The highest BCUT2D eigenvalue weighted by Crippen LogP contribution is 2.33. The van der Waals surface area contributed by atoms with Gasteiger partial charge in [-0.2, -0.15) is 0 Å². The van der Waals surface area contributed by atoms with Crippen molar-refractivity contribution in [1.82, 2.24) is 0 Å². The fourth-order valence-corrected chi connectivity index (χ4v) is 3.58. The summed E-state index contributed by atoms with van der Waals surface area (Å²) >= 11 is 12.0. The average Bonchev–Trinajstić information content (AvgIpc) is 2.41. The molecule has 0 fully saturated rings. The van der Waals surface area contributed by atoms with E-state index in [9.17, 15) is 9.00 Å². The van der Waals surface area contributed by atoms with Gasteiger partial charge in [-0.3, -0.25) is 9.00 Å². The van der Waals surface area contributed by atoms with Crippen LogP contribution in [0.5, 0.6) is 0 Å². The van der Waals surface area contributed by atoms with E-state index < -0.39 is 16.0 Å². The van der Waals surface area contributed by atoms with Crippen molar-refractivity contribution in [3.8, 4) is 0 Å². The number of nitrogens with one attached hydrogen (secondary N) is 1. The number of nitrogens with two attached hydrogens (primary N) is 1. The molecular formula is C14H20Cl2N2O2S. The number of anilines is 2. The topological polar surface area (TPSA) is 72.2 Å². The highest BCUT2D eigenvalue weighted by atomic mass is 35.5. The first-order chi connectivity index (χ1) is 9.76. The Hall–Kier alpha value is -0.780. The number of carbonyl (C=O) groups is 1. The molecule has 0 aliphatic rings. The quantitative estimate of drug-likeness (QED) is 0.768. The molecule has 0 saturated heterocycles. The summed E-state index contributed by atoms with van der Waals surface area (Å²) < 4.78 is 12.1. The fourth-order valence-electron chi connectivity index (χ4n) is 1.60. The van der Waals surface area contributed by atoms with Gasteiger partial charge >= 0.3 is 0 Å². The van der Waals surface area contributed by atoms with Crippen LogP contribution in [0.3, 0.4) is 0 Å². The lowest BCUT2D eigenvalue weighted by molar-refractivity contribution is -0.115. The number of halogens is 2. The molecule has 1 aromatic rings. The maximum absolute atomic E-state index is 12.2. The molecule has 3 N–H and O–H groups in total. The van der Waals surface area contributed by atoms with Gasteiger partial charge in [-0.15, -0.1) is 0 Å². The second kappa shape index (κ2) is 8.01. The Balaban J connectivity index is 2.79. The van der Waals surface area contributed by atoms with E-state index in [0.29, 0.717) is 23.0 Å². The van der Waals surface area contributed by atoms with E-state index in [4.69, 9.17) is 28.9 Å². The van der Waals surface area contributed by atoms with Crippen LogP contribution in [0.4, 0.5) is 11.4 Å². The molecule has 3 unspecified atom stereocenters. The molecule has 0 bridgehead atoms. The van der Waals surface area contributed by atoms with Crippen LogP contribution in [0, 0.1) is 5.92 Å². The lowest BCUT2D eigenvalue weighted by Gasteiger charge is -2.16. The number of nitrogen functional groups attached to an aromatic ring is 1. The predicted molar refractivity (Wildman–Crippen MR) is 91.4 cm³/mol. The summed E-state index contributed by atoms with van der Waals surface area (Å²) in [5, 5.41) is 2.51. The molecule has 0 saturated carbocycles. The van der Waals surface area contributed by atoms with Crippen LogP contribution in [0.1, 0.15) is 27.2 Å². The number of hydrogen-bond donors (Lipinski definition) is 2. The van der Waals surface area contributed by atoms with Gasteiger partial charge in [0.15, 0.2) is 0 Å². The van der Waals surface area contributed by atoms with E-state index in [0.717, 1.165) is 6.42 Å². The van der Waals surface area contributed by atoms with Crippen LogP contribution < -0.4 is 11.1 Å². The summed E-state index contributed by atoms with van der Waals surface area (Å²) in [5.74, 6) is 0.434. The van der Waals surface area contributed by atoms with Crippen LogP contribution in [-0.2, 0) is 15.6 Å². The smallest absolute Gasteiger partial charge is 0.239 e. The first kappa shape index (κ1) is 18.3. The molecule has 4 nitrogen and oxygen atoms in total. The zero-order valence-electron chi connectivity index (χ0n) is 12.3. The second-order valence-corrected chi connectivity index (χ2v) is 7.67. The van der Waals surface area contributed by atoms with Crippen molar-refractivity contribution in [1.29, 1.82) is 0 Å². The average molecular weight is 351 g/mol. The highest BCUT2D eigenvalue weighted by Gasteiger charge is 2.23. The number of benzene rings is 1. The van der Waals surface area contributed by atoms with Gasteiger partial charge in [0.05, 0.1) is 15.7 Å². The van der Waals surface area contributed by atoms with Crippen molar-refractivity contribution < 1.29 is 9.00 Å². The molecule has 0 aliphatic carbocycles. The first-order valence-corrected chi connectivity index (χ1v) is 8.82. The molecular weight excluding hydrogens is 331 g/mol. The molecule has 7 heteroatoms. The van der Waals surface area contributed by atoms with E-state index >= 15 is 0 Å². The number of rotatable bonds is 6. The molecule has 0 radical (unpaired) electrons. The highest BCUT2D eigenvalue weighted by molar-refractivity contribution is 7.86. The monoisotopic (exact) mass is 350 g/mol. The summed E-state index contributed by atoms with van der Waals surface area (Å²) in [5.41, 5.74) is 6.32. The molecule has 0 aromatic heterocycles. The maximum Gasteiger partial charge on any atom is 0.239 e. The van der Waals surface area contributed by atoms with Crippen LogP contribution in [0.2, 0.25) is 10.0 Å². The zero-order chi connectivity index (χ0) is 16.2. The summed E-state index contributed by atoms with van der Waals surface area (Å²) in [7, 11) is -1.24. The van der Waals surface area contributed by atoms with E-state index in [1.54, 1.807) is 6.92 Å². The summed E-state index contributed by atoms with van der Waals surface area (Å²) in [6, 6.07) is 3.01. The Morgan fingerprint density at radius 3 is 2.33 bits per heavy atom. The third kappa shape index (κ3) is 5.16. The number of amides is 1. The van der Waals surface area contributed by atoms with E-state index in [2.05, 4.69) is 5.32 Å². The lowest BCUT2D eigenvalue weighted by Crippen LogP contribution is -2.31. The van der Waals surface area contributed by atoms with Crippen molar-refractivity contribution >= 4 is 51.3 Å².